The molecular weight excluding hydrogens is 283 g/mol. The second kappa shape index (κ2) is 5.73. The lowest BCUT2D eigenvalue weighted by Crippen LogP contribution is -2.03. The average molecular weight is 294 g/mol. The standard InChI is InChI=1S/C17H11FN2O2/c18-16-14(12-3-7-20-8-4-12)9-13(10-15(16)17(21)22)11-1-5-19-6-2-11/h1-10H,(H,21,22). The van der Waals surface area contributed by atoms with Crippen molar-refractivity contribution in [3.8, 4) is 22.3 Å². The number of aromatic carboxylic acids is 1. The highest BCUT2D eigenvalue weighted by atomic mass is 19.1. The Hall–Kier alpha value is -3.08. The first kappa shape index (κ1) is 13.9. The molecule has 4 nitrogen and oxygen atoms in total. The molecule has 0 saturated heterocycles. The van der Waals surface area contributed by atoms with Crippen LogP contribution in [-0.4, -0.2) is 21.0 Å². The molecule has 3 aromatic rings. The highest BCUT2D eigenvalue weighted by molar-refractivity contribution is 5.92. The number of aromatic nitrogens is 2. The zero-order valence-electron chi connectivity index (χ0n) is 11.4. The van der Waals surface area contributed by atoms with Crippen molar-refractivity contribution in [1.29, 1.82) is 0 Å². The molecule has 0 fully saturated rings. The van der Waals surface area contributed by atoms with Crippen molar-refractivity contribution in [3.63, 3.8) is 0 Å². The smallest absolute Gasteiger partial charge is 0.338 e. The van der Waals surface area contributed by atoms with Crippen LogP contribution in [0.15, 0.2) is 61.2 Å². The van der Waals surface area contributed by atoms with E-state index in [-0.39, 0.29) is 11.1 Å². The molecule has 0 aliphatic heterocycles. The fourth-order valence-electron chi connectivity index (χ4n) is 2.23. The van der Waals surface area contributed by atoms with E-state index in [2.05, 4.69) is 9.97 Å². The van der Waals surface area contributed by atoms with E-state index in [9.17, 15) is 14.3 Å². The van der Waals surface area contributed by atoms with E-state index in [1.165, 1.54) is 18.5 Å². The molecule has 0 aliphatic rings. The van der Waals surface area contributed by atoms with Gasteiger partial charge in [0.25, 0.3) is 0 Å². The molecule has 3 rings (SSSR count). The Balaban J connectivity index is 2.26. The predicted octanol–water partition coefficient (Wildman–Crippen LogP) is 3.65. The van der Waals surface area contributed by atoms with Crippen LogP contribution in [0.5, 0.6) is 0 Å². The van der Waals surface area contributed by atoms with Crippen molar-refractivity contribution in [2.24, 2.45) is 0 Å². The molecule has 0 unspecified atom stereocenters. The fourth-order valence-corrected chi connectivity index (χ4v) is 2.23. The molecule has 0 spiro atoms. The summed E-state index contributed by atoms with van der Waals surface area (Å²) in [6, 6.07) is 9.73. The molecule has 5 heteroatoms. The van der Waals surface area contributed by atoms with Crippen molar-refractivity contribution >= 4 is 5.97 Å². The molecule has 22 heavy (non-hydrogen) atoms. The zero-order valence-corrected chi connectivity index (χ0v) is 11.4. The van der Waals surface area contributed by atoms with Gasteiger partial charge in [0, 0.05) is 30.4 Å². The summed E-state index contributed by atoms with van der Waals surface area (Å²) in [7, 11) is 0. The molecule has 108 valence electrons. The van der Waals surface area contributed by atoms with Gasteiger partial charge in [-0.2, -0.15) is 0 Å². The van der Waals surface area contributed by atoms with Gasteiger partial charge in [0.05, 0.1) is 5.56 Å². The highest BCUT2D eigenvalue weighted by Gasteiger charge is 2.18. The van der Waals surface area contributed by atoms with Crippen LogP contribution in [0.25, 0.3) is 22.3 Å². The Labute approximate surface area is 125 Å². The maximum Gasteiger partial charge on any atom is 0.338 e. The second-order valence-electron chi connectivity index (χ2n) is 4.66. The van der Waals surface area contributed by atoms with Crippen LogP contribution in [0.4, 0.5) is 4.39 Å². The van der Waals surface area contributed by atoms with Crippen LogP contribution in [0.1, 0.15) is 10.4 Å². The number of hydrogen-bond donors (Lipinski definition) is 1. The molecule has 1 N–H and O–H groups in total. The largest absolute Gasteiger partial charge is 0.478 e. The molecule has 0 aliphatic carbocycles. The van der Waals surface area contributed by atoms with Crippen LogP contribution in [-0.2, 0) is 0 Å². The zero-order chi connectivity index (χ0) is 15.5. The molecular formula is C17H11FN2O2. The monoisotopic (exact) mass is 294 g/mol. The Morgan fingerprint density at radius 2 is 1.41 bits per heavy atom. The molecule has 0 bridgehead atoms. The van der Waals surface area contributed by atoms with E-state index >= 15 is 0 Å². The lowest BCUT2D eigenvalue weighted by atomic mass is 9.96. The predicted molar refractivity (Wildman–Crippen MR) is 79.8 cm³/mol. The van der Waals surface area contributed by atoms with Crippen molar-refractivity contribution in [2.45, 2.75) is 0 Å². The number of carboxylic acids is 1. The first-order valence-corrected chi connectivity index (χ1v) is 6.54. The van der Waals surface area contributed by atoms with E-state index in [1.54, 1.807) is 42.7 Å². The summed E-state index contributed by atoms with van der Waals surface area (Å²) in [5.41, 5.74) is 1.84. The van der Waals surface area contributed by atoms with E-state index in [0.717, 1.165) is 5.56 Å². The third-order valence-electron chi connectivity index (χ3n) is 3.31. The van der Waals surface area contributed by atoms with Crippen molar-refractivity contribution < 1.29 is 14.3 Å². The topological polar surface area (TPSA) is 63.1 Å². The lowest BCUT2D eigenvalue weighted by molar-refractivity contribution is 0.0692. The fraction of sp³-hybridized carbons (Fsp3) is 0. The number of carboxylic acid groups (broad SMARTS) is 1. The van der Waals surface area contributed by atoms with Crippen LogP contribution in [0.3, 0.4) is 0 Å². The maximum absolute atomic E-state index is 14.5. The van der Waals surface area contributed by atoms with Gasteiger partial charge >= 0.3 is 5.97 Å². The van der Waals surface area contributed by atoms with Gasteiger partial charge in [0.15, 0.2) is 0 Å². The minimum atomic E-state index is -1.30. The summed E-state index contributed by atoms with van der Waals surface area (Å²) in [5.74, 6) is -2.06. The summed E-state index contributed by atoms with van der Waals surface area (Å²) in [6.45, 7) is 0. The van der Waals surface area contributed by atoms with E-state index in [1.807, 2.05) is 0 Å². The summed E-state index contributed by atoms with van der Waals surface area (Å²) in [4.78, 5) is 19.1. The average Bonchev–Trinajstić information content (AvgIpc) is 2.56. The van der Waals surface area contributed by atoms with Crippen molar-refractivity contribution in [3.05, 3.63) is 72.6 Å². The number of pyridine rings is 2. The summed E-state index contributed by atoms with van der Waals surface area (Å²) >= 11 is 0. The van der Waals surface area contributed by atoms with E-state index in [4.69, 9.17) is 0 Å². The van der Waals surface area contributed by atoms with Crippen LogP contribution in [0, 0.1) is 5.82 Å². The van der Waals surface area contributed by atoms with Gasteiger partial charge in [-0.25, -0.2) is 9.18 Å². The summed E-state index contributed by atoms with van der Waals surface area (Å²) in [5, 5.41) is 9.24. The van der Waals surface area contributed by atoms with Gasteiger partial charge in [0.2, 0.25) is 0 Å². The number of carbonyl (C=O) groups is 1. The highest BCUT2D eigenvalue weighted by Crippen LogP contribution is 2.31. The first-order chi connectivity index (χ1) is 10.7. The van der Waals surface area contributed by atoms with Gasteiger partial charge in [-0.1, -0.05) is 0 Å². The Morgan fingerprint density at radius 3 is 1.95 bits per heavy atom. The third kappa shape index (κ3) is 2.56. The quantitative estimate of drug-likeness (QED) is 0.801. The molecule has 0 atom stereocenters. The Bertz CT molecular complexity index is 821. The Kier molecular flexibility index (Phi) is 3.62. The SMILES string of the molecule is O=C(O)c1cc(-c2ccncc2)cc(-c2ccncc2)c1F. The number of nitrogens with zero attached hydrogens (tertiary/aromatic N) is 2. The van der Waals surface area contributed by atoms with Crippen LogP contribution in [0.2, 0.25) is 0 Å². The number of rotatable bonds is 3. The molecule has 0 amide bonds. The molecule has 2 heterocycles. The number of hydrogen-bond acceptors (Lipinski definition) is 3. The molecule has 1 aromatic carbocycles. The molecule has 0 radical (unpaired) electrons. The second-order valence-corrected chi connectivity index (χ2v) is 4.66. The Morgan fingerprint density at radius 1 is 0.864 bits per heavy atom. The minimum absolute atomic E-state index is 0.231. The van der Waals surface area contributed by atoms with E-state index < -0.39 is 11.8 Å². The molecule has 2 aromatic heterocycles. The van der Waals surface area contributed by atoms with E-state index in [0.29, 0.717) is 11.1 Å². The van der Waals surface area contributed by atoms with Gasteiger partial charge in [-0.3, -0.25) is 9.97 Å². The lowest BCUT2D eigenvalue weighted by Gasteiger charge is -2.10. The van der Waals surface area contributed by atoms with Gasteiger partial charge in [0.1, 0.15) is 5.82 Å². The normalized spacial score (nSPS) is 10.4. The summed E-state index contributed by atoms with van der Waals surface area (Å²) in [6.07, 6.45) is 6.28. The minimum Gasteiger partial charge on any atom is -0.478 e. The van der Waals surface area contributed by atoms with Crippen LogP contribution >= 0.6 is 0 Å². The van der Waals surface area contributed by atoms with Gasteiger partial charge in [-0.05, 0) is 53.1 Å². The third-order valence-corrected chi connectivity index (χ3v) is 3.31. The van der Waals surface area contributed by atoms with Gasteiger partial charge in [-0.15, -0.1) is 0 Å². The first-order valence-electron chi connectivity index (χ1n) is 6.54. The summed E-state index contributed by atoms with van der Waals surface area (Å²) < 4.78 is 14.5. The van der Waals surface area contributed by atoms with Crippen molar-refractivity contribution in [2.75, 3.05) is 0 Å². The number of halogens is 1. The van der Waals surface area contributed by atoms with Crippen LogP contribution < -0.4 is 0 Å². The molecule has 0 saturated carbocycles. The van der Waals surface area contributed by atoms with Crippen molar-refractivity contribution in [1.82, 2.24) is 9.97 Å². The number of benzene rings is 1. The maximum atomic E-state index is 14.5. The van der Waals surface area contributed by atoms with Gasteiger partial charge < -0.3 is 5.11 Å².